The molecule has 0 fully saturated rings. The van der Waals surface area contributed by atoms with E-state index in [1.165, 1.54) is 0 Å². The minimum Gasteiger partial charge on any atom is -0.450 e. The minimum atomic E-state index is -1.29. The third-order valence-corrected chi connectivity index (χ3v) is 1.50. The lowest BCUT2D eigenvalue weighted by Gasteiger charge is -2.12. The fourth-order valence-electron chi connectivity index (χ4n) is 0.789. The monoisotopic (exact) mass is 222 g/mol. The van der Waals surface area contributed by atoms with Gasteiger partial charge in [0.05, 0.1) is 32.5 Å². The van der Waals surface area contributed by atoms with Crippen LogP contribution in [-0.2, 0) is 18.9 Å². The molecule has 6 heteroatoms. The molecule has 0 saturated heterocycles. The second kappa shape index (κ2) is 9.70. The number of carboxylic acid groups (broad SMARTS) is 1. The van der Waals surface area contributed by atoms with Crippen LogP contribution in [0.2, 0.25) is 0 Å². The molecule has 15 heavy (non-hydrogen) atoms. The highest BCUT2D eigenvalue weighted by Crippen LogP contribution is 1.92. The summed E-state index contributed by atoms with van der Waals surface area (Å²) in [6, 6.07) is 0. The van der Waals surface area contributed by atoms with Crippen molar-refractivity contribution in [2.45, 2.75) is 13.0 Å². The second-order valence-electron chi connectivity index (χ2n) is 2.86. The molecular formula is C9H18O6. The van der Waals surface area contributed by atoms with Gasteiger partial charge in [-0.3, -0.25) is 0 Å². The highest BCUT2D eigenvalue weighted by atomic mass is 16.7. The van der Waals surface area contributed by atoms with E-state index in [2.05, 4.69) is 4.74 Å². The number of hydrogen-bond donors (Lipinski definition) is 1. The molecule has 0 aromatic rings. The van der Waals surface area contributed by atoms with E-state index in [4.69, 9.17) is 19.3 Å². The van der Waals surface area contributed by atoms with Gasteiger partial charge in [0, 0.05) is 7.11 Å². The Morgan fingerprint density at radius 2 is 1.93 bits per heavy atom. The van der Waals surface area contributed by atoms with E-state index in [0.29, 0.717) is 26.4 Å². The molecule has 0 bridgehead atoms. The number of carbonyl (C=O) groups is 1. The maximum absolute atomic E-state index is 10.0. The first-order chi connectivity index (χ1) is 7.16. The Morgan fingerprint density at radius 3 is 2.53 bits per heavy atom. The quantitative estimate of drug-likeness (QED) is 0.458. The van der Waals surface area contributed by atoms with Gasteiger partial charge < -0.3 is 24.1 Å². The van der Waals surface area contributed by atoms with Crippen LogP contribution in [0, 0.1) is 0 Å². The van der Waals surface area contributed by atoms with Gasteiger partial charge in [-0.1, -0.05) is 0 Å². The molecule has 6 nitrogen and oxygen atoms in total. The molecule has 0 aromatic heterocycles. The van der Waals surface area contributed by atoms with Gasteiger partial charge >= 0.3 is 6.16 Å². The van der Waals surface area contributed by atoms with Crippen LogP contribution in [0.4, 0.5) is 4.79 Å². The smallest absolute Gasteiger partial charge is 0.450 e. The van der Waals surface area contributed by atoms with Crippen LogP contribution in [0.15, 0.2) is 0 Å². The van der Waals surface area contributed by atoms with E-state index < -0.39 is 6.16 Å². The Kier molecular flexibility index (Phi) is 9.15. The Bertz CT molecular complexity index is 161. The molecule has 90 valence electrons. The number of hydrogen-bond acceptors (Lipinski definition) is 5. The van der Waals surface area contributed by atoms with Crippen LogP contribution in [-0.4, -0.2) is 57.5 Å². The summed E-state index contributed by atoms with van der Waals surface area (Å²) in [5.41, 5.74) is 0. The molecule has 0 amide bonds. The maximum atomic E-state index is 10.0. The standard InChI is InChI=1S/C9H18O6/c1-8(7-15-9(10)11)14-6-5-13-4-3-12-2/h8H,3-7H2,1-2H3,(H,10,11). The van der Waals surface area contributed by atoms with E-state index in [-0.39, 0.29) is 12.7 Å². The third kappa shape index (κ3) is 11.1. The van der Waals surface area contributed by atoms with Crippen LogP contribution >= 0.6 is 0 Å². The third-order valence-electron chi connectivity index (χ3n) is 1.50. The van der Waals surface area contributed by atoms with Gasteiger partial charge in [-0.05, 0) is 6.92 Å². The summed E-state index contributed by atoms with van der Waals surface area (Å²) in [7, 11) is 1.60. The maximum Gasteiger partial charge on any atom is 0.505 e. The van der Waals surface area contributed by atoms with Gasteiger partial charge in [0.1, 0.15) is 6.61 Å². The predicted molar refractivity (Wildman–Crippen MR) is 52.1 cm³/mol. The van der Waals surface area contributed by atoms with Crippen molar-refractivity contribution >= 4 is 6.16 Å². The van der Waals surface area contributed by atoms with Gasteiger partial charge in [0.2, 0.25) is 0 Å². The average molecular weight is 222 g/mol. The van der Waals surface area contributed by atoms with Crippen LogP contribution in [0.1, 0.15) is 6.92 Å². The lowest BCUT2D eigenvalue weighted by Crippen LogP contribution is -2.20. The molecule has 0 aliphatic carbocycles. The topological polar surface area (TPSA) is 74.2 Å². The molecule has 0 radical (unpaired) electrons. The summed E-state index contributed by atoms with van der Waals surface area (Å²) >= 11 is 0. The first-order valence-electron chi connectivity index (χ1n) is 4.70. The Balaban J connectivity index is 3.16. The molecule has 1 N–H and O–H groups in total. The van der Waals surface area contributed by atoms with Crippen LogP contribution in [0.25, 0.3) is 0 Å². The SMILES string of the molecule is COCCOCCOC(C)COC(=O)O. The predicted octanol–water partition coefficient (Wildman–Crippen LogP) is 0.749. The number of ether oxygens (including phenoxy) is 4. The van der Waals surface area contributed by atoms with E-state index >= 15 is 0 Å². The fourth-order valence-corrected chi connectivity index (χ4v) is 0.789. The van der Waals surface area contributed by atoms with Crippen LogP contribution < -0.4 is 0 Å². The average Bonchev–Trinajstić information content (AvgIpc) is 2.20. The highest BCUT2D eigenvalue weighted by Gasteiger charge is 2.05. The van der Waals surface area contributed by atoms with Crippen molar-refractivity contribution in [3.05, 3.63) is 0 Å². The Hall–Kier alpha value is -0.850. The van der Waals surface area contributed by atoms with Crippen molar-refractivity contribution in [2.24, 2.45) is 0 Å². The molecular weight excluding hydrogens is 204 g/mol. The number of methoxy groups -OCH3 is 1. The van der Waals surface area contributed by atoms with E-state index in [1.54, 1.807) is 14.0 Å². The highest BCUT2D eigenvalue weighted by molar-refractivity contribution is 5.56. The number of rotatable bonds is 9. The van der Waals surface area contributed by atoms with Crippen LogP contribution in [0.5, 0.6) is 0 Å². The molecule has 0 saturated carbocycles. The van der Waals surface area contributed by atoms with Gasteiger partial charge in [-0.2, -0.15) is 0 Å². The van der Waals surface area contributed by atoms with Gasteiger partial charge in [0.15, 0.2) is 0 Å². The zero-order valence-corrected chi connectivity index (χ0v) is 9.10. The molecule has 1 atom stereocenters. The summed E-state index contributed by atoms with van der Waals surface area (Å²) in [4.78, 5) is 10.0. The van der Waals surface area contributed by atoms with Crippen molar-refractivity contribution in [1.29, 1.82) is 0 Å². The first-order valence-corrected chi connectivity index (χ1v) is 4.70. The summed E-state index contributed by atoms with van der Waals surface area (Å²) in [6.07, 6.45) is -1.55. The van der Waals surface area contributed by atoms with Crippen molar-refractivity contribution in [3.8, 4) is 0 Å². The first kappa shape index (κ1) is 14.2. The van der Waals surface area contributed by atoms with Gasteiger partial charge in [0.25, 0.3) is 0 Å². The molecule has 0 aromatic carbocycles. The van der Waals surface area contributed by atoms with E-state index in [1.807, 2.05) is 0 Å². The molecule has 0 aliphatic rings. The zero-order valence-electron chi connectivity index (χ0n) is 9.10. The molecule has 0 heterocycles. The van der Waals surface area contributed by atoms with Crippen molar-refractivity contribution < 1.29 is 28.8 Å². The lowest BCUT2D eigenvalue weighted by atomic mass is 10.4. The zero-order chi connectivity index (χ0) is 11.5. The molecule has 1 unspecified atom stereocenters. The van der Waals surface area contributed by atoms with Gasteiger partial charge in [-0.25, -0.2) is 4.79 Å². The van der Waals surface area contributed by atoms with Crippen LogP contribution in [0.3, 0.4) is 0 Å². The normalized spacial score (nSPS) is 12.4. The molecule has 0 spiro atoms. The van der Waals surface area contributed by atoms with Crippen molar-refractivity contribution in [1.82, 2.24) is 0 Å². The summed E-state index contributed by atoms with van der Waals surface area (Å²) in [5.74, 6) is 0. The summed E-state index contributed by atoms with van der Waals surface area (Å²) < 4.78 is 19.5. The summed E-state index contributed by atoms with van der Waals surface area (Å²) in [5, 5.41) is 8.21. The van der Waals surface area contributed by atoms with Crippen molar-refractivity contribution in [3.63, 3.8) is 0 Å². The lowest BCUT2D eigenvalue weighted by molar-refractivity contribution is -0.0275. The Labute approximate surface area is 89.1 Å². The molecule has 0 rings (SSSR count). The minimum absolute atomic E-state index is 0.0351. The van der Waals surface area contributed by atoms with E-state index in [9.17, 15) is 4.79 Å². The molecule has 0 aliphatic heterocycles. The summed E-state index contributed by atoms with van der Waals surface area (Å²) in [6.45, 7) is 3.72. The van der Waals surface area contributed by atoms with E-state index in [0.717, 1.165) is 0 Å². The second-order valence-corrected chi connectivity index (χ2v) is 2.86. The largest absolute Gasteiger partial charge is 0.505 e. The fraction of sp³-hybridized carbons (Fsp3) is 0.889. The van der Waals surface area contributed by atoms with Gasteiger partial charge in [-0.15, -0.1) is 0 Å². The van der Waals surface area contributed by atoms with Crippen molar-refractivity contribution in [2.75, 3.05) is 40.1 Å². The Morgan fingerprint density at radius 1 is 1.27 bits per heavy atom.